The van der Waals surface area contributed by atoms with Gasteiger partial charge in [-0.2, -0.15) is 0 Å². The Labute approximate surface area is 97.7 Å². The fraction of sp³-hybridized carbons (Fsp3) is 0.250. The standard InChI is InChI=1S/C12H11N3O2/c16-12(17)9-3-1-2-8(6-9)11-14-13-7-15(11)10-4-5-10/h1-3,6-7,10H,4-5H2,(H,16,17). The largest absolute Gasteiger partial charge is 0.478 e. The molecule has 1 aromatic carbocycles. The number of aromatic nitrogens is 3. The van der Waals surface area contributed by atoms with Crippen molar-refractivity contribution >= 4 is 5.97 Å². The van der Waals surface area contributed by atoms with Gasteiger partial charge in [-0.05, 0) is 25.0 Å². The Kier molecular flexibility index (Phi) is 2.18. The lowest BCUT2D eigenvalue weighted by molar-refractivity contribution is 0.0697. The minimum Gasteiger partial charge on any atom is -0.478 e. The molecule has 1 fully saturated rings. The second kappa shape index (κ2) is 3.69. The van der Waals surface area contributed by atoms with Gasteiger partial charge >= 0.3 is 5.97 Å². The average molecular weight is 229 g/mol. The molecule has 0 aliphatic heterocycles. The summed E-state index contributed by atoms with van der Waals surface area (Å²) in [6, 6.07) is 7.27. The predicted molar refractivity (Wildman–Crippen MR) is 60.7 cm³/mol. The van der Waals surface area contributed by atoms with Crippen LogP contribution in [-0.4, -0.2) is 25.8 Å². The fourth-order valence-electron chi connectivity index (χ4n) is 1.86. The van der Waals surface area contributed by atoms with Gasteiger partial charge in [-0.15, -0.1) is 10.2 Å². The monoisotopic (exact) mass is 229 g/mol. The average Bonchev–Trinajstić information content (AvgIpc) is 3.07. The molecule has 0 spiro atoms. The summed E-state index contributed by atoms with van der Waals surface area (Å²) in [5.74, 6) is -0.181. The molecule has 0 bridgehead atoms. The zero-order valence-electron chi connectivity index (χ0n) is 9.08. The van der Waals surface area contributed by atoms with E-state index in [0.29, 0.717) is 6.04 Å². The zero-order chi connectivity index (χ0) is 11.8. The zero-order valence-corrected chi connectivity index (χ0v) is 9.08. The van der Waals surface area contributed by atoms with Crippen molar-refractivity contribution in [1.29, 1.82) is 0 Å². The summed E-state index contributed by atoms with van der Waals surface area (Å²) >= 11 is 0. The van der Waals surface area contributed by atoms with Crippen molar-refractivity contribution < 1.29 is 9.90 Å². The molecule has 1 aliphatic carbocycles. The highest BCUT2D eigenvalue weighted by Crippen LogP contribution is 2.37. The van der Waals surface area contributed by atoms with E-state index in [1.807, 2.05) is 10.6 Å². The maximum Gasteiger partial charge on any atom is 0.335 e. The van der Waals surface area contributed by atoms with Crippen molar-refractivity contribution in [2.45, 2.75) is 18.9 Å². The van der Waals surface area contributed by atoms with Gasteiger partial charge in [0, 0.05) is 11.6 Å². The van der Waals surface area contributed by atoms with E-state index in [9.17, 15) is 4.79 Å². The summed E-state index contributed by atoms with van der Waals surface area (Å²) in [6.45, 7) is 0. The van der Waals surface area contributed by atoms with Crippen LogP contribution in [0.25, 0.3) is 11.4 Å². The molecule has 0 saturated heterocycles. The molecule has 1 aliphatic rings. The summed E-state index contributed by atoms with van der Waals surface area (Å²) in [5.41, 5.74) is 1.07. The van der Waals surface area contributed by atoms with E-state index in [1.54, 1.807) is 24.5 Å². The van der Waals surface area contributed by atoms with Gasteiger partial charge in [0.05, 0.1) is 5.56 Å². The Morgan fingerprint density at radius 3 is 2.94 bits per heavy atom. The summed E-state index contributed by atoms with van der Waals surface area (Å²) in [5, 5.41) is 16.9. The first-order chi connectivity index (χ1) is 8.25. The second-order valence-corrected chi connectivity index (χ2v) is 4.18. The third-order valence-corrected chi connectivity index (χ3v) is 2.88. The van der Waals surface area contributed by atoms with Gasteiger partial charge in [0.25, 0.3) is 0 Å². The van der Waals surface area contributed by atoms with Gasteiger partial charge in [-0.25, -0.2) is 4.79 Å². The van der Waals surface area contributed by atoms with Crippen LogP contribution in [0.1, 0.15) is 29.2 Å². The van der Waals surface area contributed by atoms with Gasteiger partial charge in [0.1, 0.15) is 6.33 Å². The van der Waals surface area contributed by atoms with Gasteiger partial charge < -0.3 is 9.67 Å². The molecule has 2 aromatic rings. The van der Waals surface area contributed by atoms with Crippen molar-refractivity contribution in [3.63, 3.8) is 0 Å². The molecule has 3 rings (SSSR count). The van der Waals surface area contributed by atoms with Crippen molar-refractivity contribution in [1.82, 2.24) is 14.8 Å². The predicted octanol–water partition coefficient (Wildman–Crippen LogP) is 1.98. The summed E-state index contributed by atoms with van der Waals surface area (Å²) in [7, 11) is 0. The van der Waals surface area contributed by atoms with Crippen molar-refractivity contribution in [2.24, 2.45) is 0 Å². The molecule has 0 atom stereocenters. The Morgan fingerprint density at radius 2 is 2.24 bits per heavy atom. The number of aromatic carboxylic acids is 1. The van der Waals surface area contributed by atoms with Crippen LogP contribution in [0.2, 0.25) is 0 Å². The van der Waals surface area contributed by atoms with Gasteiger partial charge in [-0.3, -0.25) is 0 Å². The van der Waals surface area contributed by atoms with Crippen LogP contribution in [0.3, 0.4) is 0 Å². The molecule has 1 aromatic heterocycles. The van der Waals surface area contributed by atoms with Crippen LogP contribution < -0.4 is 0 Å². The number of rotatable bonds is 3. The minimum atomic E-state index is -0.927. The molecule has 0 unspecified atom stereocenters. The summed E-state index contributed by atoms with van der Waals surface area (Å²) < 4.78 is 2.01. The molecule has 1 heterocycles. The number of carboxylic acid groups (broad SMARTS) is 1. The van der Waals surface area contributed by atoms with E-state index in [-0.39, 0.29) is 5.56 Å². The van der Waals surface area contributed by atoms with Crippen LogP contribution in [-0.2, 0) is 0 Å². The van der Waals surface area contributed by atoms with Crippen LogP contribution in [0.15, 0.2) is 30.6 Å². The quantitative estimate of drug-likeness (QED) is 0.873. The Hall–Kier alpha value is -2.17. The smallest absolute Gasteiger partial charge is 0.335 e. The summed E-state index contributed by atoms with van der Waals surface area (Å²) in [4.78, 5) is 10.9. The molecule has 1 saturated carbocycles. The lowest BCUT2D eigenvalue weighted by Crippen LogP contribution is -1.99. The van der Waals surface area contributed by atoms with Crippen LogP contribution in [0.5, 0.6) is 0 Å². The van der Waals surface area contributed by atoms with E-state index in [4.69, 9.17) is 5.11 Å². The number of hydrogen-bond acceptors (Lipinski definition) is 3. The molecule has 0 amide bonds. The highest BCUT2D eigenvalue weighted by Gasteiger charge is 2.26. The number of carbonyl (C=O) groups is 1. The van der Waals surface area contributed by atoms with Crippen LogP contribution >= 0.6 is 0 Å². The maximum absolute atomic E-state index is 10.9. The van der Waals surface area contributed by atoms with Crippen LogP contribution in [0, 0.1) is 0 Å². The Balaban J connectivity index is 2.05. The number of benzene rings is 1. The van der Waals surface area contributed by atoms with E-state index in [1.165, 1.54) is 0 Å². The fourth-order valence-corrected chi connectivity index (χ4v) is 1.86. The topological polar surface area (TPSA) is 68.0 Å². The van der Waals surface area contributed by atoms with Gasteiger partial charge in [-0.1, -0.05) is 12.1 Å². The lowest BCUT2D eigenvalue weighted by Gasteiger charge is -2.05. The molecule has 17 heavy (non-hydrogen) atoms. The SMILES string of the molecule is O=C(O)c1cccc(-c2nncn2C2CC2)c1. The maximum atomic E-state index is 10.9. The Bertz CT molecular complexity index is 573. The third kappa shape index (κ3) is 1.80. The summed E-state index contributed by atoms with van der Waals surface area (Å²) in [6.07, 6.45) is 3.99. The molecule has 5 heteroatoms. The van der Waals surface area contributed by atoms with Gasteiger partial charge in [0.2, 0.25) is 0 Å². The van der Waals surface area contributed by atoms with Crippen LogP contribution in [0.4, 0.5) is 0 Å². The van der Waals surface area contributed by atoms with E-state index in [0.717, 1.165) is 24.2 Å². The molecular formula is C12H11N3O2. The number of hydrogen-bond donors (Lipinski definition) is 1. The first-order valence-corrected chi connectivity index (χ1v) is 5.49. The first kappa shape index (κ1) is 10.0. The molecule has 5 nitrogen and oxygen atoms in total. The third-order valence-electron chi connectivity index (χ3n) is 2.88. The van der Waals surface area contributed by atoms with E-state index in [2.05, 4.69) is 10.2 Å². The normalized spacial score (nSPS) is 14.8. The van der Waals surface area contributed by atoms with Crippen molar-refractivity contribution in [3.8, 4) is 11.4 Å². The molecular weight excluding hydrogens is 218 g/mol. The molecule has 0 radical (unpaired) electrons. The lowest BCUT2D eigenvalue weighted by atomic mass is 10.1. The van der Waals surface area contributed by atoms with Crippen molar-refractivity contribution in [2.75, 3.05) is 0 Å². The highest BCUT2D eigenvalue weighted by atomic mass is 16.4. The van der Waals surface area contributed by atoms with E-state index < -0.39 is 5.97 Å². The minimum absolute atomic E-state index is 0.271. The Morgan fingerprint density at radius 1 is 1.41 bits per heavy atom. The van der Waals surface area contributed by atoms with Gasteiger partial charge in [0.15, 0.2) is 5.82 Å². The van der Waals surface area contributed by atoms with Crippen molar-refractivity contribution in [3.05, 3.63) is 36.2 Å². The first-order valence-electron chi connectivity index (χ1n) is 5.49. The highest BCUT2D eigenvalue weighted by molar-refractivity contribution is 5.89. The molecule has 86 valence electrons. The second-order valence-electron chi connectivity index (χ2n) is 4.18. The number of nitrogens with zero attached hydrogens (tertiary/aromatic N) is 3. The van der Waals surface area contributed by atoms with E-state index >= 15 is 0 Å². The molecule has 1 N–H and O–H groups in total. The number of carboxylic acids is 1.